The van der Waals surface area contributed by atoms with Gasteiger partial charge in [-0.15, -0.1) is 0 Å². The average molecular weight is 322 g/mol. The van der Waals surface area contributed by atoms with Crippen molar-refractivity contribution < 1.29 is 4.79 Å². The molecule has 3 rings (SSSR count). The summed E-state index contributed by atoms with van der Waals surface area (Å²) in [6.07, 6.45) is 5.69. The van der Waals surface area contributed by atoms with Gasteiger partial charge in [-0.2, -0.15) is 0 Å². The Hall–Kier alpha value is -2.29. The molecule has 2 aromatic carbocycles. The Kier molecular flexibility index (Phi) is 5.52. The second-order valence-electron chi connectivity index (χ2n) is 6.52. The molecule has 0 spiro atoms. The maximum absolute atomic E-state index is 12.4. The summed E-state index contributed by atoms with van der Waals surface area (Å²) in [5.41, 5.74) is 4.36. The van der Waals surface area contributed by atoms with E-state index in [9.17, 15) is 4.79 Å². The Balaban J connectivity index is 1.63. The van der Waals surface area contributed by atoms with Crippen LogP contribution in [0.3, 0.4) is 0 Å². The number of hydrogen-bond donors (Lipinski definition) is 2. The van der Waals surface area contributed by atoms with E-state index in [0.29, 0.717) is 6.04 Å². The molecule has 0 radical (unpaired) electrons. The van der Waals surface area contributed by atoms with Crippen LogP contribution in [0.15, 0.2) is 48.5 Å². The quantitative estimate of drug-likeness (QED) is 0.820. The second-order valence-corrected chi connectivity index (χ2v) is 6.52. The molecule has 0 aliphatic heterocycles. The summed E-state index contributed by atoms with van der Waals surface area (Å²) >= 11 is 0. The maximum Gasteiger partial charge on any atom is 0.251 e. The fraction of sp³-hybridized carbons (Fsp3) is 0.381. The van der Waals surface area contributed by atoms with E-state index in [0.717, 1.165) is 36.9 Å². The molecule has 1 saturated carbocycles. The number of anilines is 1. The van der Waals surface area contributed by atoms with Crippen molar-refractivity contribution in [3.05, 3.63) is 65.2 Å². The van der Waals surface area contributed by atoms with Gasteiger partial charge in [-0.1, -0.05) is 50.1 Å². The summed E-state index contributed by atoms with van der Waals surface area (Å²) in [6.45, 7) is 2.88. The molecule has 1 aliphatic carbocycles. The van der Waals surface area contributed by atoms with Crippen LogP contribution in [0.5, 0.6) is 0 Å². The van der Waals surface area contributed by atoms with Crippen LogP contribution < -0.4 is 10.6 Å². The molecule has 126 valence electrons. The topological polar surface area (TPSA) is 41.1 Å². The summed E-state index contributed by atoms with van der Waals surface area (Å²) < 4.78 is 0. The van der Waals surface area contributed by atoms with Gasteiger partial charge in [0.2, 0.25) is 0 Å². The monoisotopic (exact) mass is 322 g/mol. The number of rotatable bonds is 6. The van der Waals surface area contributed by atoms with Gasteiger partial charge in [0.25, 0.3) is 5.91 Å². The smallest absolute Gasteiger partial charge is 0.251 e. The van der Waals surface area contributed by atoms with Crippen LogP contribution in [0.4, 0.5) is 5.69 Å². The third-order valence-electron chi connectivity index (χ3n) is 4.76. The molecule has 24 heavy (non-hydrogen) atoms. The minimum absolute atomic E-state index is 0.0534. The second kappa shape index (κ2) is 8.00. The van der Waals surface area contributed by atoms with Crippen LogP contribution in [-0.4, -0.2) is 11.9 Å². The molecule has 2 aromatic rings. The molecular formula is C21H26N2O. The van der Waals surface area contributed by atoms with Gasteiger partial charge in [-0.05, 0) is 48.6 Å². The Morgan fingerprint density at radius 2 is 1.88 bits per heavy atom. The van der Waals surface area contributed by atoms with Crippen molar-refractivity contribution in [2.75, 3.05) is 5.32 Å². The van der Waals surface area contributed by atoms with Gasteiger partial charge >= 0.3 is 0 Å². The lowest BCUT2D eigenvalue weighted by Gasteiger charge is -2.13. The van der Waals surface area contributed by atoms with Crippen molar-refractivity contribution >= 4 is 11.6 Å². The van der Waals surface area contributed by atoms with Crippen molar-refractivity contribution in [3.8, 4) is 0 Å². The highest BCUT2D eigenvalue weighted by molar-refractivity contribution is 5.94. The Morgan fingerprint density at radius 3 is 2.67 bits per heavy atom. The summed E-state index contributed by atoms with van der Waals surface area (Å²) in [4.78, 5) is 12.4. The SMILES string of the molecule is CCc1ccccc1NCc1cccc(C(=O)NC2CCCC2)c1. The number of nitrogens with one attached hydrogen (secondary N) is 2. The molecule has 0 aromatic heterocycles. The number of amides is 1. The zero-order chi connectivity index (χ0) is 16.8. The third-order valence-corrected chi connectivity index (χ3v) is 4.76. The molecule has 0 bridgehead atoms. The lowest BCUT2D eigenvalue weighted by molar-refractivity contribution is 0.0938. The number of para-hydroxylation sites is 1. The minimum Gasteiger partial charge on any atom is -0.381 e. The van der Waals surface area contributed by atoms with E-state index >= 15 is 0 Å². The van der Waals surface area contributed by atoms with E-state index in [1.54, 1.807) is 0 Å². The lowest BCUT2D eigenvalue weighted by atomic mass is 10.1. The predicted octanol–water partition coefficient (Wildman–Crippen LogP) is 4.53. The van der Waals surface area contributed by atoms with Crippen LogP contribution in [-0.2, 0) is 13.0 Å². The molecule has 0 heterocycles. The molecule has 2 N–H and O–H groups in total. The maximum atomic E-state index is 12.4. The standard InChI is InChI=1S/C21H26N2O/c1-2-17-9-3-6-13-20(17)22-15-16-8-7-10-18(14-16)21(24)23-19-11-4-5-12-19/h3,6-10,13-14,19,22H,2,4-5,11-12,15H2,1H3,(H,23,24). The molecule has 0 saturated heterocycles. The number of aryl methyl sites for hydroxylation is 1. The fourth-order valence-corrected chi connectivity index (χ4v) is 3.36. The number of carbonyl (C=O) groups excluding carboxylic acids is 1. The van der Waals surface area contributed by atoms with Crippen molar-refractivity contribution in [1.29, 1.82) is 0 Å². The zero-order valence-corrected chi connectivity index (χ0v) is 14.3. The average Bonchev–Trinajstić information content (AvgIpc) is 3.13. The number of carbonyl (C=O) groups is 1. The van der Waals surface area contributed by atoms with Gasteiger partial charge in [-0.3, -0.25) is 4.79 Å². The summed E-state index contributed by atoms with van der Waals surface area (Å²) in [5.74, 6) is 0.0534. The molecule has 1 fully saturated rings. The third kappa shape index (κ3) is 4.16. The highest BCUT2D eigenvalue weighted by atomic mass is 16.1. The fourth-order valence-electron chi connectivity index (χ4n) is 3.36. The Labute approximate surface area is 144 Å². The normalized spacial score (nSPS) is 14.5. The summed E-state index contributed by atoms with van der Waals surface area (Å²) in [6, 6.07) is 16.6. The molecule has 0 unspecified atom stereocenters. The van der Waals surface area contributed by atoms with Gasteiger partial charge in [0.15, 0.2) is 0 Å². The first-order valence-corrected chi connectivity index (χ1v) is 8.98. The first-order chi connectivity index (χ1) is 11.8. The summed E-state index contributed by atoms with van der Waals surface area (Å²) in [7, 11) is 0. The van der Waals surface area contributed by atoms with Crippen LogP contribution >= 0.6 is 0 Å². The highest BCUT2D eigenvalue weighted by Gasteiger charge is 2.17. The summed E-state index contributed by atoms with van der Waals surface area (Å²) in [5, 5.41) is 6.64. The molecule has 0 atom stereocenters. The Bertz CT molecular complexity index is 690. The lowest BCUT2D eigenvalue weighted by Crippen LogP contribution is -2.32. The van der Waals surface area contributed by atoms with E-state index in [-0.39, 0.29) is 5.91 Å². The van der Waals surface area contributed by atoms with Crippen LogP contribution in [0.25, 0.3) is 0 Å². The van der Waals surface area contributed by atoms with Gasteiger partial charge in [0, 0.05) is 23.8 Å². The van der Waals surface area contributed by atoms with E-state index < -0.39 is 0 Å². The minimum atomic E-state index is 0.0534. The van der Waals surface area contributed by atoms with Crippen molar-refractivity contribution in [2.45, 2.75) is 51.6 Å². The zero-order valence-electron chi connectivity index (χ0n) is 14.3. The predicted molar refractivity (Wildman–Crippen MR) is 99.3 cm³/mol. The first kappa shape index (κ1) is 16.6. The van der Waals surface area contributed by atoms with E-state index in [1.807, 2.05) is 24.3 Å². The van der Waals surface area contributed by atoms with E-state index in [1.165, 1.54) is 24.1 Å². The number of benzene rings is 2. The molecule has 3 heteroatoms. The van der Waals surface area contributed by atoms with Crippen LogP contribution in [0, 0.1) is 0 Å². The van der Waals surface area contributed by atoms with Gasteiger partial charge < -0.3 is 10.6 Å². The molecular weight excluding hydrogens is 296 g/mol. The van der Waals surface area contributed by atoms with Crippen molar-refractivity contribution in [1.82, 2.24) is 5.32 Å². The largest absolute Gasteiger partial charge is 0.381 e. The van der Waals surface area contributed by atoms with Gasteiger partial charge in [0.05, 0.1) is 0 Å². The Morgan fingerprint density at radius 1 is 1.08 bits per heavy atom. The molecule has 1 amide bonds. The van der Waals surface area contributed by atoms with Crippen LogP contribution in [0.1, 0.15) is 54.1 Å². The van der Waals surface area contributed by atoms with E-state index in [2.05, 4.69) is 41.8 Å². The number of hydrogen-bond acceptors (Lipinski definition) is 2. The highest BCUT2D eigenvalue weighted by Crippen LogP contribution is 2.19. The van der Waals surface area contributed by atoms with Crippen LogP contribution in [0.2, 0.25) is 0 Å². The van der Waals surface area contributed by atoms with Crippen molar-refractivity contribution in [2.24, 2.45) is 0 Å². The van der Waals surface area contributed by atoms with Gasteiger partial charge in [0.1, 0.15) is 0 Å². The molecule has 3 nitrogen and oxygen atoms in total. The van der Waals surface area contributed by atoms with Gasteiger partial charge in [-0.25, -0.2) is 0 Å². The molecule has 1 aliphatic rings. The first-order valence-electron chi connectivity index (χ1n) is 8.98. The van der Waals surface area contributed by atoms with E-state index in [4.69, 9.17) is 0 Å². The van der Waals surface area contributed by atoms with Crippen molar-refractivity contribution in [3.63, 3.8) is 0 Å².